The van der Waals surface area contributed by atoms with Gasteiger partial charge in [0.15, 0.2) is 6.04 Å². The Morgan fingerprint density at radius 3 is 2.02 bits per heavy atom. The van der Waals surface area contributed by atoms with Crippen LogP contribution in [0.3, 0.4) is 0 Å². The zero-order chi connectivity index (χ0) is 40.0. The van der Waals surface area contributed by atoms with E-state index >= 15 is 0 Å². The van der Waals surface area contributed by atoms with E-state index in [0.717, 1.165) is 16.9 Å². The van der Waals surface area contributed by atoms with Gasteiger partial charge in [-0.3, -0.25) is 24.0 Å². The molecule has 6 N–H and O–H groups in total. The molecule has 0 fully saturated rings. The molecule has 9 atom stereocenters. The predicted molar refractivity (Wildman–Crippen MR) is 209 cm³/mol. The highest BCUT2D eigenvalue weighted by Crippen LogP contribution is 2.26. The van der Waals surface area contributed by atoms with Gasteiger partial charge in [0.2, 0.25) is 23.6 Å². The van der Waals surface area contributed by atoms with E-state index in [-0.39, 0.29) is 29.1 Å². The molecule has 0 saturated carbocycles. The van der Waals surface area contributed by atoms with Crippen LogP contribution in [0.25, 0.3) is 0 Å². The van der Waals surface area contributed by atoms with Crippen molar-refractivity contribution in [1.82, 2.24) is 36.6 Å². The van der Waals surface area contributed by atoms with Crippen molar-refractivity contribution in [1.29, 1.82) is 0 Å². The Morgan fingerprint density at radius 2 is 1.38 bits per heavy atom. The van der Waals surface area contributed by atoms with Gasteiger partial charge in [-0.15, -0.1) is 22.7 Å². The van der Waals surface area contributed by atoms with Crippen LogP contribution in [0.4, 0.5) is 0 Å². The van der Waals surface area contributed by atoms with Gasteiger partial charge in [-0.25, -0.2) is 15.0 Å². The van der Waals surface area contributed by atoms with Crippen LogP contribution in [-0.2, 0) is 25.5 Å². The van der Waals surface area contributed by atoms with Crippen molar-refractivity contribution >= 4 is 58.1 Å². The van der Waals surface area contributed by atoms with Crippen molar-refractivity contribution < 1.29 is 33.8 Å². The van der Waals surface area contributed by atoms with Crippen molar-refractivity contribution in [2.75, 3.05) is 0 Å². The zero-order valence-electron chi connectivity index (χ0n) is 32.0. The Balaban J connectivity index is 1.53. The van der Waals surface area contributed by atoms with Gasteiger partial charge in [0.05, 0.1) is 18.2 Å². The van der Waals surface area contributed by atoms with Crippen molar-refractivity contribution in [3.63, 3.8) is 0 Å². The van der Waals surface area contributed by atoms with E-state index in [9.17, 15) is 29.1 Å². The third kappa shape index (κ3) is 10.3. The third-order valence-corrected chi connectivity index (χ3v) is 11.6. The number of rotatable bonds is 7. The summed E-state index contributed by atoms with van der Waals surface area (Å²) in [7, 11) is 0. The Labute approximate surface area is 328 Å². The maximum absolute atomic E-state index is 14.0. The van der Waals surface area contributed by atoms with Crippen LogP contribution < -0.4 is 26.6 Å². The first kappa shape index (κ1) is 41.4. The van der Waals surface area contributed by atoms with Gasteiger partial charge in [-0.05, 0) is 51.0 Å². The predicted octanol–water partition coefficient (Wildman–Crippen LogP) is 3.23. The lowest BCUT2D eigenvalue weighted by atomic mass is 9.97. The van der Waals surface area contributed by atoms with Crippen LogP contribution >= 0.6 is 22.7 Å². The molecule has 296 valence electrons. The number of aromatic nitrogens is 2. The number of fused-ring (bicyclic) bond motifs is 5. The normalized spacial score (nSPS) is 26.7. The summed E-state index contributed by atoms with van der Waals surface area (Å²) >= 11 is 2.35. The average molecular weight is 795 g/mol. The molecule has 15 nitrogen and oxygen atoms in total. The van der Waals surface area contributed by atoms with E-state index in [4.69, 9.17) is 4.74 Å². The number of benzene rings is 1. The molecule has 55 heavy (non-hydrogen) atoms. The quantitative estimate of drug-likeness (QED) is 0.207. The zero-order valence-corrected chi connectivity index (χ0v) is 33.6. The first-order valence-electron chi connectivity index (χ1n) is 18.5. The van der Waals surface area contributed by atoms with E-state index in [0.29, 0.717) is 29.3 Å². The highest BCUT2D eigenvalue weighted by Gasteiger charge is 2.39. The summed E-state index contributed by atoms with van der Waals surface area (Å²) in [5, 5.41) is 28.9. The monoisotopic (exact) mass is 794 g/mol. The number of hydrogen-bond donors (Lipinski definition) is 6. The van der Waals surface area contributed by atoms with Crippen LogP contribution in [0.1, 0.15) is 110 Å². The molecule has 3 aromatic rings. The molecule has 0 spiro atoms. The Bertz CT molecular complexity index is 1880. The number of hydrogen-bond acceptors (Lipinski definition) is 12. The summed E-state index contributed by atoms with van der Waals surface area (Å²) in [5.74, 6) is -2.83. The summed E-state index contributed by atoms with van der Waals surface area (Å²) in [6, 6.07) is 4.17. The molecule has 0 unspecified atom stereocenters. The second-order valence-corrected chi connectivity index (χ2v) is 16.4. The van der Waals surface area contributed by atoms with Crippen molar-refractivity contribution in [3.05, 3.63) is 68.1 Å². The number of amides is 5. The van der Waals surface area contributed by atoms with Crippen LogP contribution in [0.15, 0.2) is 46.1 Å². The second kappa shape index (κ2) is 18.3. The highest BCUT2D eigenvalue weighted by atomic mass is 32.1. The molecule has 5 amide bonds. The van der Waals surface area contributed by atoms with E-state index in [1.165, 1.54) is 18.3 Å². The Hall–Kier alpha value is -4.74. The number of ether oxygens (including phenoxy) is 1. The average Bonchev–Trinajstić information content (AvgIpc) is 3.92. The van der Waals surface area contributed by atoms with Gasteiger partial charge in [0, 0.05) is 10.8 Å². The van der Waals surface area contributed by atoms with E-state index < -0.39 is 78.0 Å². The van der Waals surface area contributed by atoms with Crippen molar-refractivity contribution in [3.8, 4) is 0 Å². The Kier molecular flexibility index (Phi) is 13.8. The molecule has 17 heteroatoms. The molecular weight excluding hydrogens is 745 g/mol. The number of aliphatic imine (C=N–C) groups is 1. The number of aliphatic hydroxyl groups excluding tert-OH is 1. The third-order valence-electron chi connectivity index (χ3n) is 9.58. The molecule has 1 aromatic carbocycles. The number of aliphatic hydroxyl groups is 1. The minimum Gasteiger partial charge on any atom is -0.474 e. The van der Waals surface area contributed by atoms with Crippen molar-refractivity contribution in [2.45, 2.75) is 116 Å². The van der Waals surface area contributed by atoms with E-state index in [1.807, 2.05) is 51.1 Å². The lowest BCUT2D eigenvalue weighted by molar-refractivity contribution is -0.133. The molecule has 6 bridgehead atoms. The van der Waals surface area contributed by atoms with Crippen molar-refractivity contribution in [2.24, 2.45) is 16.8 Å². The number of carbonyl (C=O) groups is 5. The largest absolute Gasteiger partial charge is 0.474 e. The topological polar surface area (TPSA) is 213 Å². The maximum atomic E-state index is 14.0. The Morgan fingerprint density at radius 1 is 0.764 bits per heavy atom. The van der Waals surface area contributed by atoms with Crippen LogP contribution in [0, 0.1) is 11.8 Å². The fraction of sp³-hybridized carbons (Fsp3) is 0.526. The van der Waals surface area contributed by atoms with Crippen LogP contribution in [0.5, 0.6) is 0 Å². The fourth-order valence-corrected chi connectivity index (χ4v) is 7.93. The number of nitrogens with one attached hydrogen (secondary N) is 5. The standard InChI is InChI=1S/C38H50N8O7S2/c1-8-19(4)28-33(50)45-29(21(6)47)34(51)39-20(5)37-42-26(16-54-37)31(48)40-24(14-18(2)3)36-46-30(22(7)53-36)35(52)41-25(15-23-12-10-9-11-13-23)38-43-27(17-55-38)32(49)44-28/h9-13,16-22,24-25,28-30,47H,8,14-15H2,1-7H3,(H,39,51)(H,40,48)(H,41,52)(H,44,49)(H,45,50)/t19-,20+,21+,22+,24-,25+,28-,29-,30-/m0/s1. The molecule has 0 saturated heterocycles. The SMILES string of the molecule is CC[C@H](C)[C@@H]1NC(=O)c2csc(n2)[C@@H](Cc2ccccc2)NC(=O)[C@H]2N=C(O[C@@H]2C)[C@H](CC(C)C)NC(=O)c2csc(n2)[C@@H](C)NC(=O)[C@H]([C@@H](C)O)NC1=O. The number of nitrogens with zero attached hydrogens (tertiary/aromatic N) is 3. The second-order valence-electron chi connectivity index (χ2n) is 14.6. The lowest BCUT2D eigenvalue weighted by Gasteiger charge is -2.28. The smallest absolute Gasteiger partial charge is 0.271 e. The van der Waals surface area contributed by atoms with Gasteiger partial charge in [-0.2, -0.15) is 0 Å². The van der Waals surface area contributed by atoms with Gasteiger partial charge in [0.1, 0.15) is 45.6 Å². The van der Waals surface area contributed by atoms with Crippen LogP contribution in [0.2, 0.25) is 0 Å². The van der Waals surface area contributed by atoms with E-state index in [1.54, 1.807) is 31.5 Å². The molecule has 2 aliphatic rings. The molecule has 2 aliphatic heterocycles. The summed E-state index contributed by atoms with van der Waals surface area (Å²) in [4.78, 5) is 82.2. The first-order valence-corrected chi connectivity index (χ1v) is 20.3. The molecule has 0 aliphatic carbocycles. The number of thiazole rings is 2. The van der Waals surface area contributed by atoms with Crippen LogP contribution in [-0.4, -0.2) is 86.9 Å². The molecule has 5 rings (SSSR count). The van der Waals surface area contributed by atoms with Gasteiger partial charge in [-0.1, -0.05) is 64.4 Å². The summed E-state index contributed by atoms with van der Waals surface area (Å²) in [6.45, 7) is 12.4. The molecule has 2 aromatic heterocycles. The van der Waals surface area contributed by atoms with Gasteiger partial charge >= 0.3 is 0 Å². The number of carbonyl (C=O) groups excluding carboxylic acids is 5. The van der Waals surface area contributed by atoms with E-state index in [2.05, 4.69) is 41.5 Å². The summed E-state index contributed by atoms with van der Waals surface area (Å²) < 4.78 is 6.13. The minimum atomic E-state index is -1.37. The molecule has 0 radical (unpaired) electrons. The summed E-state index contributed by atoms with van der Waals surface area (Å²) in [6.07, 6.45) is -0.587. The molecule has 4 heterocycles. The maximum Gasteiger partial charge on any atom is 0.271 e. The minimum absolute atomic E-state index is 0.0504. The summed E-state index contributed by atoms with van der Waals surface area (Å²) in [5.41, 5.74) is 1.09. The van der Waals surface area contributed by atoms with Gasteiger partial charge in [0.25, 0.3) is 11.8 Å². The molecular formula is C38H50N8O7S2. The fourth-order valence-electron chi connectivity index (χ4n) is 6.28. The lowest BCUT2D eigenvalue weighted by Crippen LogP contribution is -2.58. The van der Waals surface area contributed by atoms with Gasteiger partial charge < -0.3 is 36.4 Å². The highest BCUT2D eigenvalue weighted by molar-refractivity contribution is 7.10. The first-order chi connectivity index (χ1) is 26.1.